The van der Waals surface area contributed by atoms with Gasteiger partial charge in [-0.1, -0.05) is 41.9 Å². The van der Waals surface area contributed by atoms with Crippen LogP contribution in [0.2, 0.25) is 5.02 Å². The lowest BCUT2D eigenvalue weighted by molar-refractivity contribution is 0.305. The van der Waals surface area contributed by atoms with Crippen LogP contribution in [0.1, 0.15) is 35.2 Å². The van der Waals surface area contributed by atoms with Crippen LogP contribution in [0.15, 0.2) is 66.7 Å². The summed E-state index contributed by atoms with van der Waals surface area (Å²) in [5, 5.41) is 4.38. The molecule has 4 heteroatoms. The summed E-state index contributed by atoms with van der Waals surface area (Å²) in [7, 11) is 0. The fourth-order valence-electron chi connectivity index (χ4n) is 3.63. The first-order valence-corrected chi connectivity index (χ1v) is 10.1. The van der Waals surface area contributed by atoms with Gasteiger partial charge in [-0.05, 0) is 72.0 Å². The summed E-state index contributed by atoms with van der Waals surface area (Å²) in [5.41, 5.74) is 4.96. The lowest BCUT2D eigenvalue weighted by Gasteiger charge is -2.28. The maximum Gasteiger partial charge on any atom is 0.120 e. The summed E-state index contributed by atoms with van der Waals surface area (Å²) in [5.74, 6) is 1.81. The molecule has 0 saturated heterocycles. The number of halogens is 1. The van der Waals surface area contributed by atoms with Gasteiger partial charge in [-0.15, -0.1) is 0 Å². The molecule has 3 aromatic carbocycles. The molecule has 0 amide bonds. The van der Waals surface area contributed by atoms with E-state index in [1.165, 1.54) is 16.7 Å². The zero-order valence-electron chi connectivity index (χ0n) is 16.0. The average molecular weight is 394 g/mol. The number of hydrogen-bond donors (Lipinski definition) is 1. The van der Waals surface area contributed by atoms with Crippen molar-refractivity contribution in [2.24, 2.45) is 0 Å². The lowest BCUT2D eigenvalue weighted by Crippen LogP contribution is -2.30. The number of fused-ring (bicyclic) bond motifs is 1. The third-order valence-electron chi connectivity index (χ3n) is 4.99. The van der Waals surface area contributed by atoms with Gasteiger partial charge < -0.3 is 14.8 Å². The van der Waals surface area contributed by atoms with Gasteiger partial charge in [0.25, 0.3) is 0 Å². The van der Waals surface area contributed by atoms with Crippen LogP contribution in [0.25, 0.3) is 0 Å². The summed E-state index contributed by atoms with van der Waals surface area (Å²) >= 11 is 5.95. The summed E-state index contributed by atoms with van der Waals surface area (Å²) in [6.45, 7) is 4.17. The average Bonchev–Trinajstić information content (AvgIpc) is 2.73. The zero-order valence-corrected chi connectivity index (χ0v) is 16.7. The van der Waals surface area contributed by atoms with Crippen molar-refractivity contribution in [2.45, 2.75) is 26.0 Å². The Kier molecular flexibility index (Phi) is 5.84. The molecule has 1 aliphatic rings. The van der Waals surface area contributed by atoms with Crippen molar-refractivity contribution in [1.29, 1.82) is 0 Å². The fraction of sp³-hybridized carbons (Fsp3) is 0.250. The largest absolute Gasteiger partial charge is 0.494 e. The second kappa shape index (κ2) is 8.68. The predicted molar refractivity (Wildman–Crippen MR) is 113 cm³/mol. The highest BCUT2D eigenvalue weighted by Gasteiger charge is 2.22. The van der Waals surface area contributed by atoms with Crippen molar-refractivity contribution in [3.05, 3.63) is 94.0 Å². The lowest BCUT2D eigenvalue weighted by atomic mass is 9.89. The summed E-state index contributed by atoms with van der Waals surface area (Å²) in [6.07, 6.45) is 1.01. The monoisotopic (exact) mass is 393 g/mol. The summed E-state index contributed by atoms with van der Waals surface area (Å²) < 4.78 is 11.7. The van der Waals surface area contributed by atoms with Gasteiger partial charge in [0.15, 0.2) is 0 Å². The van der Waals surface area contributed by atoms with Gasteiger partial charge in [0.2, 0.25) is 0 Å². The molecule has 0 bridgehead atoms. The van der Waals surface area contributed by atoms with Crippen LogP contribution in [0.5, 0.6) is 11.5 Å². The maximum atomic E-state index is 6.01. The van der Waals surface area contributed by atoms with Crippen LogP contribution in [0.3, 0.4) is 0 Å². The van der Waals surface area contributed by atoms with Gasteiger partial charge in [0.1, 0.15) is 18.1 Å². The number of ether oxygens (including phenoxy) is 2. The molecule has 144 valence electrons. The Morgan fingerprint density at radius 3 is 2.61 bits per heavy atom. The molecule has 0 saturated carbocycles. The van der Waals surface area contributed by atoms with Gasteiger partial charge in [0.05, 0.1) is 12.6 Å². The Morgan fingerprint density at radius 1 is 0.964 bits per heavy atom. The molecule has 1 heterocycles. The molecule has 1 N–H and O–H groups in total. The van der Waals surface area contributed by atoms with E-state index < -0.39 is 0 Å². The van der Waals surface area contributed by atoms with E-state index in [2.05, 4.69) is 41.7 Å². The van der Waals surface area contributed by atoms with E-state index in [-0.39, 0.29) is 6.04 Å². The summed E-state index contributed by atoms with van der Waals surface area (Å²) in [6, 6.07) is 22.7. The Labute approximate surface area is 171 Å². The minimum Gasteiger partial charge on any atom is -0.494 e. The van der Waals surface area contributed by atoms with Crippen LogP contribution in [-0.4, -0.2) is 13.2 Å². The highest BCUT2D eigenvalue weighted by molar-refractivity contribution is 6.30. The minimum atomic E-state index is 0.165. The van der Waals surface area contributed by atoms with Gasteiger partial charge in [-0.3, -0.25) is 0 Å². The van der Waals surface area contributed by atoms with Crippen molar-refractivity contribution >= 4 is 11.6 Å². The number of nitrogens with one attached hydrogen (secondary N) is 1. The Morgan fingerprint density at radius 2 is 1.79 bits per heavy atom. The molecule has 0 radical (unpaired) electrons. The molecule has 28 heavy (non-hydrogen) atoms. The van der Waals surface area contributed by atoms with E-state index in [1.807, 2.05) is 37.3 Å². The summed E-state index contributed by atoms with van der Waals surface area (Å²) in [4.78, 5) is 0. The van der Waals surface area contributed by atoms with Gasteiger partial charge in [0, 0.05) is 11.6 Å². The molecule has 3 nitrogen and oxygen atoms in total. The van der Waals surface area contributed by atoms with Crippen molar-refractivity contribution < 1.29 is 9.47 Å². The molecule has 0 fully saturated rings. The number of hydrogen-bond acceptors (Lipinski definition) is 3. The topological polar surface area (TPSA) is 30.5 Å². The normalized spacial score (nSPS) is 15.7. The molecular formula is C24H24ClNO2. The van der Waals surface area contributed by atoms with E-state index in [4.69, 9.17) is 21.1 Å². The number of rotatable bonds is 6. The highest BCUT2D eigenvalue weighted by atomic mass is 35.5. The highest BCUT2D eigenvalue weighted by Crippen LogP contribution is 2.32. The zero-order chi connectivity index (χ0) is 19.3. The van der Waals surface area contributed by atoms with Crippen molar-refractivity contribution in [3.63, 3.8) is 0 Å². The molecule has 0 spiro atoms. The second-order valence-electron chi connectivity index (χ2n) is 6.92. The van der Waals surface area contributed by atoms with Gasteiger partial charge >= 0.3 is 0 Å². The molecule has 3 aromatic rings. The van der Waals surface area contributed by atoms with E-state index in [0.717, 1.165) is 35.1 Å². The third kappa shape index (κ3) is 4.32. The predicted octanol–water partition coefficient (Wildman–Crippen LogP) is 5.55. The Hall–Kier alpha value is -2.49. The SMILES string of the molecule is CCOc1ccc2c(c1)CCNC2c1cccc(OCc2ccc(Cl)cc2)c1. The van der Waals surface area contributed by atoms with Crippen molar-refractivity contribution in [1.82, 2.24) is 5.32 Å². The molecule has 1 unspecified atom stereocenters. The molecule has 4 rings (SSSR count). The van der Waals surface area contributed by atoms with Crippen LogP contribution in [0, 0.1) is 0 Å². The minimum absolute atomic E-state index is 0.165. The standard InChI is InChI=1S/C24H24ClNO2/c1-2-27-22-10-11-23-18(14-22)12-13-26-24(23)19-4-3-5-21(15-19)28-16-17-6-8-20(25)9-7-17/h3-11,14-15,24,26H,2,12-13,16H2,1H3. The van der Waals surface area contributed by atoms with E-state index in [1.54, 1.807) is 0 Å². The van der Waals surface area contributed by atoms with Gasteiger partial charge in [-0.2, -0.15) is 0 Å². The molecule has 1 atom stereocenters. The van der Waals surface area contributed by atoms with Crippen LogP contribution in [-0.2, 0) is 13.0 Å². The first kappa shape index (κ1) is 18.9. The van der Waals surface area contributed by atoms with Crippen molar-refractivity contribution in [2.75, 3.05) is 13.2 Å². The van der Waals surface area contributed by atoms with Crippen molar-refractivity contribution in [3.8, 4) is 11.5 Å². The second-order valence-corrected chi connectivity index (χ2v) is 7.35. The smallest absolute Gasteiger partial charge is 0.120 e. The first-order valence-electron chi connectivity index (χ1n) is 9.69. The third-order valence-corrected chi connectivity index (χ3v) is 5.24. The van der Waals surface area contributed by atoms with Gasteiger partial charge in [-0.25, -0.2) is 0 Å². The van der Waals surface area contributed by atoms with Crippen LogP contribution >= 0.6 is 11.6 Å². The van der Waals surface area contributed by atoms with E-state index >= 15 is 0 Å². The Bertz CT molecular complexity index is 940. The number of benzene rings is 3. The molecular weight excluding hydrogens is 370 g/mol. The van der Waals surface area contributed by atoms with Crippen LogP contribution in [0.4, 0.5) is 0 Å². The maximum absolute atomic E-state index is 6.01. The Balaban J connectivity index is 1.52. The van der Waals surface area contributed by atoms with Crippen LogP contribution < -0.4 is 14.8 Å². The molecule has 1 aliphatic heterocycles. The first-order chi connectivity index (χ1) is 13.7. The fourth-order valence-corrected chi connectivity index (χ4v) is 3.75. The molecule has 0 aliphatic carbocycles. The quantitative estimate of drug-likeness (QED) is 0.595. The molecule has 0 aromatic heterocycles. The van der Waals surface area contributed by atoms with E-state index in [0.29, 0.717) is 13.2 Å². The van der Waals surface area contributed by atoms with E-state index in [9.17, 15) is 0 Å².